The Hall–Kier alpha value is -1.82. The highest BCUT2D eigenvalue weighted by molar-refractivity contribution is 5.92. The first-order valence-electron chi connectivity index (χ1n) is 5.66. The first-order chi connectivity index (χ1) is 8.99. The number of rotatable bonds is 3. The molecule has 0 aromatic heterocycles. The predicted molar refractivity (Wildman–Crippen MR) is 64.7 cm³/mol. The second-order valence-corrected chi connectivity index (χ2v) is 4.07. The van der Waals surface area contributed by atoms with Crippen LogP contribution in [0.15, 0.2) is 35.3 Å². The van der Waals surface area contributed by atoms with E-state index in [4.69, 9.17) is 9.84 Å². The van der Waals surface area contributed by atoms with Crippen molar-refractivity contribution < 1.29 is 23.0 Å². The van der Waals surface area contributed by atoms with E-state index in [2.05, 4.69) is 4.99 Å². The fourth-order valence-corrected chi connectivity index (χ4v) is 1.57. The van der Waals surface area contributed by atoms with Gasteiger partial charge in [0, 0.05) is 6.08 Å². The molecular formula is C13H12F3NO2. The highest BCUT2D eigenvalue weighted by Crippen LogP contribution is 2.29. The molecular weight excluding hydrogens is 259 g/mol. The van der Waals surface area contributed by atoms with Crippen LogP contribution in [0.3, 0.4) is 0 Å². The molecule has 0 aliphatic carbocycles. The van der Waals surface area contributed by atoms with E-state index in [1.807, 2.05) is 0 Å². The molecule has 102 valence electrons. The largest absolute Gasteiger partial charge is 0.476 e. The van der Waals surface area contributed by atoms with Crippen LogP contribution in [-0.4, -0.2) is 30.3 Å². The van der Waals surface area contributed by atoms with Gasteiger partial charge in [-0.2, -0.15) is 13.2 Å². The Morgan fingerprint density at radius 1 is 1.26 bits per heavy atom. The lowest BCUT2D eigenvalue weighted by Gasteiger charge is -2.05. The molecule has 19 heavy (non-hydrogen) atoms. The van der Waals surface area contributed by atoms with E-state index in [9.17, 15) is 13.2 Å². The summed E-state index contributed by atoms with van der Waals surface area (Å²) < 4.78 is 42.2. The zero-order valence-corrected chi connectivity index (χ0v) is 9.89. The summed E-state index contributed by atoms with van der Waals surface area (Å²) in [6.45, 7) is 0.237. The lowest BCUT2D eigenvalue weighted by molar-refractivity contribution is -0.137. The van der Waals surface area contributed by atoms with E-state index in [0.29, 0.717) is 18.1 Å². The number of ether oxygens (including phenoxy) is 1. The van der Waals surface area contributed by atoms with Gasteiger partial charge in [-0.05, 0) is 23.8 Å². The predicted octanol–water partition coefficient (Wildman–Crippen LogP) is 2.51. The summed E-state index contributed by atoms with van der Waals surface area (Å²) >= 11 is 0. The van der Waals surface area contributed by atoms with Crippen molar-refractivity contribution in [2.75, 3.05) is 13.2 Å². The molecule has 0 amide bonds. The van der Waals surface area contributed by atoms with Crippen LogP contribution in [-0.2, 0) is 10.9 Å². The maximum Gasteiger partial charge on any atom is 0.416 e. The zero-order chi connectivity index (χ0) is 13.9. The Bertz CT molecular complexity index is 492. The number of aliphatic hydroxyl groups excluding tert-OH is 1. The number of hydrogen-bond donors (Lipinski definition) is 1. The average Bonchev–Trinajstić information content (AvgIpc) is 2.84. The molecule has 0 bridgehead atoms. The molecule has 3 nitrogen and oxygen atoms in total. The fourth-order valence-electron chi connectivity index (χ4n) is 1.57. The molecule has 1 aliphatic rings. The highest BCUT2D eigenvalue weighted by Gasteiger charge is 2.29. The van der Waals surface area contributed by atoms with Crippen LogP contribution in [0.5, 0.6) is 0 Å². The van der Waals surface area contributed by atoms with Gasteiger partial charge in [0.05, 0.1) is 12.2 Å². The van der Waals surface area contributed by atoms with E-state index in [0.717, 1.165) is 12.1 Å². The lowest BCUT2D eigenvalue weighted by atomic mass is 10.1. The van der Waals surface area contributed by atoms with Gasteiger partial charge in [0.25, 0.3) is 0 Å². The molecule has 1 unspecified atom stereocenters. The van der Waals surface area contributed by atoms with Crippen molar-refractivity contribution in [3.63, 3.8) is 0 Å². The van der Waals surface area contributed by atoms with Crippen molar-refractivity contribution in [2.24, 2.45) is 4.99 Å². The first kappa shape index (κ1) is 13.6. The van der Waals surface area contributed by atoms with Crippen LogP contribution in [0.4, 0.5) is 13.2 Å². The van der Waals surface area contributed by atoms with Gasteiger partial charge < -0.3 is 9.84 Å². The molecule has 6 heteroatoms. The number of halogens is 3. The minimum atomic E-state index is -4.32. The summed E-state index contributed by atoms with van der Waals surface area (Å²) in [5, 5.41) is 8.86. The normalized spacial score (nSPS) is 19.6. The number of nitrogens with zero attached hydrogens (tertiary/aromatic N) is 1. The van der Waals surface area contributed by atoms with Crippen molar-refractivity contribution in [3.05, 3.63) is 41.5 Å². The summed E-state index contributed by atoms with van der Waals surface area (Å²) in [6.07, 6.45) is -1.15. The van der Waals surface area contributed by atoms with Crippen LogP contribution in [0.1, 0.15) is 11.1 Å². The molecule has 1 aliphatic heterocycles. The highest BCUT2D eigenvalue weighted by atomic mass is 19.4. The molecule has 2 rings (SSSR count). The van der Waals surface area contributed by atoms with E-state index < -0.39 is 11.7 Å². The molecule has 0 saturated carbocycles. The summed E-state index contributed by atoms with van der Waals surface area (Å²) in [5.74, 6) is 0.374. The Morgan fingerprint density at radius 3 is 2.47 bits per heavy atom. The summed E-state index contributed by atoms with van der Waals surface area (Å²) in [4.78, 5) is 4.06. The molecule has 1 N–H and O–H groups in total. The van der Waals surface area contributed by atoms with E-state index in [1.54, 1.807) is 12.2 Å². The molecule has 0 radical (unpaired) electrons. The lowest BCUT2D eigenvalue weighted by Crippen LogP contribution is -2.10. The first-order valence-corrected chi connectivity index (χ1v) is 5.66. The van der Waals surface area contributed by atoms with Crippen molar-refractivity contribution in [2.45, 2.75) is 12.2 Å². The van der Waals surface area contributed by atoms with Crippen LogP contribution >= 0.6 is 0 Å². The molecule has 0 saturated heterocycles. The minimum absolute atomic E-state index is 0.0857. The summed E-state index contributed by atoms with van der Waals surface area (Å²) in [7, 11) is 0. The Kier molecular flexibility index (Phi) is 3.90. The van der Waals surface area contributed by atoms with Gasteiger partial charge in [-0.1, -0.05) is 12.1 Å². The third-order valence-electron chi connectivity index (χ3n) is 2.60. The average molecular weight is 271 g/mol. The van der Waals surface area contributed by atoms with Gasteiger partial charge in [0.15, 0.2) is 0 Å². The van der Waals surface area contributed by atoms with E-state index in [-0.39, 0.29) is 12.6 Å². The number of aliphatic hydroxyl groups is 1. The molecule has 0 fully saturated rings. The third kappa shape index (κ3) is 3.57. The molecule has 1 aromatic rings. The van der Waals surface area contributed by atoms with Gasteiger partial charge in [-0.15, -0.1) is 0 Å². The standard InChI is InChI=1S/C13H12F3NO2/c14-13(15,16)10-4-1-9(2-5-10)3-6-12-17-11(7-18)8-19-12/h1-6,11,18H,7-8H2/b6-3+. The number of hydrogen-bond acceptors (Lipinski definition) is 3. The van der Waals surface area contributed by atoms with Crippen LogP contribution in [0, 0.1) is 0 Å². The second-order valence-electron chi connectivity index (χ2n) is 4.07. The topological polar surface area (TPSA) is 41.8 Å². The monoisotopic (exact) mass is 271 g/mol. The summed E-state index contributed by atoms with van der Waals surface area (Å²) in [6, 6.07) is 4.53. The molecule has 1 aromatic carbocycles. The van der Waals surface area contributed by atoms with Gasteiger partial charge in [0.2, 0.25) is 5.90 Å². The maximum atomic E-state index is 12.4. The van der Waals surface area contributed by atoms with E-state index >= 15 is 0 Å². The SMILES string of the molecule is OCC1COC(/C=C/c2ccc(C(F)(F)F)cc2)=N1. The van der Waals surface area contributed by atoms with Gasteiger partial charge >= 0.3 is 6.18 Å². The van der Waals surface area contributed by atoms with Gasteiger partial charge in [-0.3, -0.25) is 0 Å². The van der Waals surface area contributed by atoms with Crippen molar-refractivity contribution >= 4 is 12.0 Å². The Morgan fingerprint density at radius 2 is 1.95 bits per heavy atom. The van der Waals surface area contributed by atoms with Crippen molar-refractivity contribution in [1.82, 2.24) is 0 Å². The second kappa shape index (κ2) is 5.44. The quantitative estimate of drug-likeness (QED) is 0.917. The van der Waals surface area contributed by atoms with Crippen LogP contribution < -0.4 is 0 Å². The molecule has 1 atom stereocenters. The summed E-state index contributed by atoms with van der Waals surface area (Å²) in [5.41, 5.74) is -0.0637. The smallest absolute Gasteiger partial charge is 0.416 e. The van der Waals surface area contributed by atoms with Crippen LogP contribution in [0.2, 0.25) is 0 Å². The van der Waals surface area contributed by atoms with Crippen molar-refractivity contribution in [1.29, 1.82) is 0 Å². The maximum absolute atomic E-state index is 12.4. The fraction of sp³-hybridized carbons (Fsp3) is 0.308. The number of alkyl halides is 3. The molecule has 1 heterocycles. The van der Waals surface area contributed by atoms with E-state index in [1.165, 1.54) is 12.1 Å². The number of aliphatic imine (C=N–C) groups is 1. The minimum Gasteiger partial charge on any atom is -0.476 e. The zero-order valence-electron chi connectivity index (χ0n) is 9.89. The van der Waals surface area contributed by atoms with Gasteiger partial charge in [0.1, 0.15) is 12.6 Å². The Balaban J connectivity index is 2.04. The third-order valence-corrected chi connectivity index (χ3v) is 2.60. The van der Waals surface area contributed by atoms with Crippen molar-refractivity contribution in [3.8, 4) is 0 Å². The Labute approximate surface area is 108 Å². The van der Waals surface area contributed by atoms with Gasteiger partial charge in [-0.25, -0.2) is 4.99 Å². The number of benzene rings is 1. The molecule has 0 spiro atoms. The van der Waals surface area contributed by atoms with Crippen LogP contribution in [0.25, 0.3) is 6.08 Å².